The van der Waals surface area contributed by atoms with Crippen LogP contribution < -0.4 is 17.5 Å². The van der Waals surface area contributed by atoms with E-state index in [-0.39, 0.29) is 34.3 Å². The fraction of sp³-hybridized carbons (Fsp3) is 0.435. The Morgan fingerprint density at radius 2 is 2.07 bits per heavy atom. The molecular weight excluding hydrogens is 620 g/mol. The molecule has 0 aliphatic carbocycles. The molecule has 0 radical (unpaired) electrons. The second-order valence-electron chi connectivity index (χ2n) is 7.53. The summed E-state index contributed by atoms with van der Waals surface area (Å²) >= 11 is 1.68. The maximum absolute atomic E-state index is 13.1. The number of aromatic nitrogens is 1. The molecule has 1 aromatic carbocycles. The van der Waals surface area contributed by atoms with E-state index in [1.165, 1.54) is 27.4 Å². The van der Waals surface area contributed by atoms with Gasteiger partial charge in [-0.3, -0.25) is 0 Å². The van der Waals surface area contributed by atoms with Crippen molar-refractivity contribution >= 4 is 37.5 Å². The number of carbonyl (C=O) groups is 1. The SMILES string of the molecule is CCC1=CC(c2cccc(CC)c2)=I[I-]N1CC(=O)N1CCc2nc(C)sc2CC1. The Balaban J connectivity index is 1.41. The van der Waals surface area contributed by atoms with Gasteiger partial charge in [0.05, 0.1) is 0 Å². The van der Waals surface area contributed by atoms with Crippen molar-refractivity contribution in [1.29, 1.82) is 0 Å². The number of amides is 1. The fourth-order valence-corrected chi connectivity index (χ4v) is 14.9. The molecule has 0 unspecified atom stereocenters. The number of benzene rings is 1. The number of hydrogen-bond donors (Lipinski definition) is 0. The molecule has 4 rings (SSSR count). The van der Waals surface area contributed by atoms with Gasteiger partial charge in [-0.15, -0.1) is 0 Å². The van der Waals surface area contributed by atoms with Gasteiger partial charge in [0.25, 0.3) is 0 Å². The Bertz CT molecular complexity index is 973. The van der Waals surface area contributed by atoms with Crippen LogP contribution in [0.3, 0.4) is 0 Å². The molecule has 0 spiro atoms. The third kappa shape index (κ3) is 5.15. The second-order valence-corrected chi connectivity index (χ2v) is 17.1. The summed E-state index contributed by atoms with van der Waals surface area (Å²) in [5.41, 5.74) is 5.38. The Kier molecular flexibility index (Phi) is 7.62. The molecule has 2 aliphatic heterocycles. The number of nitrogens with zero attached hydrogens (tertiary/aromatic N) is 3. The summed E-state index contributed by atoms with van der Waals surface area (Å²) in [5.74, 6) is 0.293. The number of halogens is 2. The van der Waals surface area contributed by atoms with Crippen molar-refractivity contribution < 1.29 is 22.3 Å². The van der Waals surface area contributed by atoms with Crippen LogP contribution in [0.4, 0.5) is 0 Å². The number of hydrogen-bond acceptors (Lipinski definition) is 4. The molecule has 7 heteroatoms. The number of allylic oxidation sites excluding steroid dienone is 2. The first kappa shape index (κ1) is 22.4. The van der Waals surface area contributed by atoms with E-state index in [0.717, 1.165) is 43.8 Å². The Morgan fingerprint density at radius 3 is 2.87 bits per heavy atom. The minimum absolute atomic E-state index is 0.0147. The molecule has 4 nitrogen and oxygen atoms in total. The van der Waals surface area contributed by atoms with Crippen molar-refractivity contribution in [3.8, 4) is 0 Å². The van der Waals surface area contributed by atoms with Gasteiger partial charge < -0.3 is 0 Å². The van der Waals surface area contributed by atoms with Crippen LogP contribution in [0.25, 0.3) is 0 Å². The van der Waals surface area contributed by atoms with Gasteiger partial charge in [0.1, 0.15) is 0 Å². The topological polar surface area (TPSA) is 36.4 Å². The van der Waals surface area contributed by atoms with Gasteiger partial charge in [-0.05, 0) is 0 Å². The van der Waals surface area contributed by atoms with Gasteiger partial charge >= 0.3 is 202 Å². The standard InChI is InChI=1S/C23H28I2N3OS/c1-4-17-7-6-8-18(13-17)20-14-19(5-2)28(25-24-20)15-23(29)27-11-9-21-22(10-12-27)30-16(3)26-21/h6-8,13-14H,4-5,9-12,15H2,1-3H3/q-1. The predicted octanol–water partition coefficient (Wildman–Crippen LogP) is 1.66. The third-order valence-electron chi connectivity index (χ3n) is 5.50. The van der Waals surface area contributed by atoms with Crippen molar-refractivity contribution in [1.82, 2.24) is 13.0 Å². The first-order valence-electron chi connectivity index (χ1n) is 10.5. The van der Waals surface area contributed by atoms with Crippen molar-refractivity contribution in [2.24, 2.45) is 0 Å². The molecule has 162 valence electrons. The predicted molar refractivity (Wildman–Crippen MR) is 130 cm³/mol. The number of fused-ring (bicyclic) bond motifs is 1. The molecule has 0 atom stereocenters. The van der Waals surface area contributed by atoms with E-state index in [0.29, 0.717) is 12.5 Å². The van der Waals surface area contributed by atoms with Crippen LogP contribution in [-0.4, -0.2) is 42.0 Å². The normalized spacial score (nSPS) is 17.2. The summed E-state index contributed by atoms with van der Waals surface area (Å²) in [4.78, 5) is 21.2. The van der Waals surface area contributed by atoms with Crippen LogP contribution in [0.1, 0.15) is 47.0 Å². The first-order valence-corrected chi connectivity index (χ1v) is 19.7. The summed E-state index contributed by atoms with van der Waals surface area (Å²) in [6, 6.07) is 9.02. The van der Waals surface area contributed by atoms with Crippen molar-refractivity contribution in [3.05, 3.63) is 62.7 Å². The molecule has 2 aromatic rings. The van der Waals surface area contributed by atoms with Crippen molar-refractivity contribution in [3.63, 3.8) is 0 Å². The van der Waals surface area contributed by atoms with Crippen molar-refractivity contribution in [2.75, 3.05) is 19.6 Å². The zero-order valence-corrected chi connectivity index (χ0v) is 22.9. The second kappa shape index (κ2) is 10.2. The first-order chi connectivity index (χ1) is 14.6. The van der Waals surface area contributed by atoms with E-state index in [2.05, 4.69) is 64.1 Å². The molecule has 0 saturated heterocycles. The van der Waals surface area contributed by atoms with Crippen LogP contribution in [0.15, 0.2) is 36.0 Å². The van der Waals surface area contributed by atoms with Crippen LogP contribution in [0.2, 0.25) is 0 Å². The van der Waals surface area contributed by atoms with Crippen LogP contribution in [0, 0.1) is 6.92 Å². The molecule has 1 aromatic heterocycles. The summed E-state index contributed by atoms with van der Waals surface area (Å²) in [6.07, 6.45) is 6.32. The molecule has 2 aliphatic rings. The van der Waals surface area contributed by atoms with Gasteiger partial charge in [-0.2, -0.15) is 0 Å². The number of rotatable bonds is 5. The Morgan fingerprint density at radius 1 is 1.23 bits per heavy atom. The molecular formula is C23H28I2N3OS-. The molecule has 0 fully saturated rings. The summed E-state index contributed by atoms with van der Waals surface area (Å²) < 4.78 is 4.00. The fourth-order valence-electron chi connectivity index (χ4n) is 3.77. The van der Waals surface area contributed by atoms with Gasteiger partial charge in [-0.1, -0.05) is 0 Å². The molecule has 0 saturated carbocycles. The van der Waals surface area contributed by atoms with Gasteiger partial charge in [0.2, 0.25) is 0 Å². The van der Waals surface area contributed by atoms with Gasteiger partial charge in [-0.25, -0.2) is 0 Å². The van der Waals surface area contributed by atoms with E-state index in [1.54, 1.807) is 14.8 Å². The number of thiazole rings is 1. The summed E-state index contributed by atoms with van der Waals surface area (Å²) in [5, 5.41) is 1.15. The molecule has 30 heavy (non-hydrogen) atoms. The van der Waals surface area contributed by atoms with Gasteiger partial charge in [0.15, 0.2) is 0 Å². The molecule has 1 amide bonds. The average Bonchev–Trinajstić information content (AvgIpc) is 3.01. The quantitative estimate of drug-likeness (QED) is 0.366. The molecule has 3 heterocycles. The monoisotopic (exact) mass is 648 g/mol. The average molecular weight is 648 g/mol. The summed E-state index contributed by atoms with van der Waals surface area (Å²) in [6.45, 7) is 8.72. The third-order valence-corrected chi connectivity index (χ3v) is 16.7. The van der Waals surface area contributed by atoms with Crippen LogP contribution in [-0.2, 0) is 24.1 Å². The molecule has 0 bridgehead atoms. The summed E-state index contributed by atoms with van der Waals surface area (Å²) in [7, 11) is 0. The number of aryl methyl sites for hydroxylation is 2. The zero-order valence-electron chi connectivity index (χ0n) is 17.8. The Labute approximate surface area is 200 Å². The van der Waals surface area contributed by atoms with E-state index in [9.17, 15) is 4.79 Å². The van der Waals surface area contributed by atoms with E-state index in [4.69, 9.17) is 0 Å². The van der Waals surface area contributed by atoms with E-state index >= 15 is 0 Å². The number of carbonyl (C=O) groups excluding carboxylic acids is 1. The maximum atomic E-state index is 13.1. The Hall–Kier alpha value is -0.810. The van der Waals surface area contributed by atoms with E-state index < -0.39 is 0 Å². The van der Waals surface area contributed by atoms with Crippen molar-refractivity contribution in [2.45, 2.75) is 46.5 Å². The van der Waals surface area contributed by atoms with Gasteiger partial charge in [0, 0.05) is 0 Å². The molecule has 0 N–H and O–H groups in total. The minimum atomic E-state index is -0.103. The van der Waals surface area contributed by atoms with Crippen LogP contribution in [0.5, 0.6) is 0 Å². The zero-order chi connectivity index (χ0) is 21.1. The van der Waals surface area contributed by atoms with E-state index in [1.807, 2.05) is 0 Å². The van der Waals surface area contributed by atoms with Crippen LogP contribution >= 0.6 is 28.1 Å².